The van der Waals surface area contributed by atoms with Crippen molar-refractivity contribution in [1.82, 2.24) is 9.55 Å². The monoisotopic (exact) mass is 444 g/mol. The maximum atomic E-state index is 12.4. The SMILES string of the molecule is CCOC(=O)Cc1c(-c2cccnc2[C@H](C)OC)n(CC)c2ccc(Br)cc12. The zero-order chi connectivity index (χ0) is 20.3. The van der Waals surface area contributed by atoms with Gasteiger partial charge in [-0.3, -0.25) is 9.78 Å². The molecule has 0 N–H and O–H groups in total. The number of hydrogen-bond acceptors (Lipinski definition) is 4. The predicted molar refractivity (Wildman–Crippen MR) is 114 cm³/mol. The molecular formula is C22H25BrN2O3. The molecule has 0 aliphatic carbocycles. The van der Waals surface area contributed by atoms with Gasteiger partial charge in [-0.05, 0) is 56.7 Å². The summed E-state index contributed by atoms with van der Waals surface area (Å²) in [6, 6.07) is 10.1. The van der Waals surface area contributed by atoms with Crippen LogP contribution in [0.5, 0.6) is 0 Å². The minimum Gasteiger partial charge on any atom is -0.466 e. The zero-order valence-electron chi connectivity index (χ0n) is 16.7. The second-order valence-electron chi connectivity index (χ2n) is 6.53. The Bertz CT molecular complexity index is 997. The van der Waals surface area contributed by atoms with Gasteiger partial charge < -0.3 is 14.0 Å². The Labute approximate surface area is 173 Å². The Balaban J connectivity index is 2.34. The molecule has 0 saturated carbocycles. The number of hydrogen-bond donors (Lipinski definition) is 0. The second kappa shape index (κ2) is 8.88. The smallest absolute Gasteiger partial charge is 0.310 e. The molecule has 0 amide bonds. The van der Waals surface area contributed by atoms with Gasteiger partial charge in [0.15, 0.2) is 0 Å². The second-order valence-corrected chi connectivity index (χ2v) is 7.44. The number of carbonyl (C=O) groups excluding carboxylic acids is 1. The minimum atomic E-state index is -0.232. The van der Waals surface area contributed by atoms with Gasteiger partial charge >= 0.3 is 5.97 Å². The van der Waals surface area contributed by atoms with Crippen LogP contribution in [0, 0.1) is 0 Å². The molecule has 0 aliphatic heterocycles. The third kappa shape index (κ3) is 3.84. The summed E-state index contributed by atoms with van der Waals surface area (Å²) in [6.45, 7) is 7.04. The molecule has 6 heteroatoms. The van der Waals surface area contributed by atoms with Gasteiger partial charge in [-0.2, -0.15) is 0 Å². The van der Waals surface area contributed by atoms with Gasteiger partial charge in [0.2, 0.25) is 0 Å². The lowest BCUT2D eigenvalue weighted by molar-refractivity contribution is -0.142. The number of rotatable bonds is 7. The van der Waals surface area contributed by atoms with Crippen LogP contribution in [-0.2, 0) is 27.2 Å². The molecular weight excluding hydrogens is 420 g/mol. The van der Waals surface area contributed by atoms with E-state index in [0.29, 0.717) is 6.61 Å². The van der Waals surface area contributed by atoms with Crippen LogP contribution in [0.25, 0.3) is 22.2 Å². The van der Waals surface area contributed by atoms with E-state index in [1.807, 2.05) is 32.0 Å². The molecule has 148 valence electrons. The van der Waals surface area contributed by atoms with Crippen molar-refractivity contribution in [1.29, 1.82) is 0 Å². The highest BCUT2D eigenvalue weighted by Gasteiger charge is 2.24. The van der Waals surface area contributed by atoms with Gasteiger partial charge in [0.05, 0.1) is 30.5 Å². The first-order chi connectivity index (χ1) is 13.5. The van der Waals surface area contributed by atoms with Crippen molar-refractivity contribution in [2.24, 2.45) is 0 Å². The molecule has 2 heterocycles. The summed E-state index contributed by atoms with van der Waals surface area (Å²) < 4.78 is 14.0. The number of carbonyl (C=O) groups is 1. The van der Waals surface area contributed by atoms with Crippen molar-refractivity contribution in [3.05, 3.63) is 52.3 Å². The Hall–Kier alpha value is -2.18. The molecule has 28 heavy (non-hydrogen) atoms. The maximum absolute atomic E-state index is 12.4. The topological polar surface area (TPSA) is 53.4 Å². The van der Waals surface area contributed by atoms with Crippen molar-refractivity contribution in [3.63, 3.8) is 0 Å². The van der Waals surface area contributed by atoms with Gasteiger partial charge in [-0.25, -0.2) is 0 Å². The van der Waals surface area contributed by atoms with Crippen LogP contribution in [-0.4, -0.2) is 29.2 Å². The molecule has 1 aromatic carbocycles. The molecule has 3 aromatic rings. The fraction of sp³-hybridized carbons (Fsp3) is 0.364. The Morgan fingerprint density at radius 3 is 2.75 bits per heavy atom. The summed E-state index contributed by atoms with van der Waals surface area (Å²) in [6.07, 6.45) is 1.81. The third-order valence-electron chi connectivity index (χ3n) is 4.91. The van der Waals surface area contributed by atoms with Crippen molar-refractivity contribution >= 4 is 32.8 Å². The van der Waals surface area contributed by atoms with Gasteiger partial charge in [0.25, 0.3) is 0 Å². The first-order valence-corrected chi connectivity index (χ1v) is 10.2. The predicted octanol–water partition coefficient (Wildman–Crippen LogP) is 5.30. The molecule has 2 aromatic heterocycles. The van der Waals surface area contributed by atoms with E-state index in [-0.39, 0.29) is 18.5 Å². The standard InChI is InChI=1S/C22H25BrN2O3/c1-5-25-19-10-9-15(23)12-17(19)18(13-20(26)28-6-2)22(25)16-8-7-11-24-21(16)14(3)27-4/h7-12,14H,5-6,13H2,1-4H3/t14-/m0/s1. The van der Waals surface area contributed by atoms with Gasteiger partial charge in [-0.15, -0.1) is 0 Å². The number of pyridine rings is 1. The summed E-state index contributed by atoms with van der Waals surface area (Å²) in [5.41, 5.74) is 4.86. The average molecular weight is 445 g/mol. The van der Waals surface area contributed by atoms with E-state index in [1.54, 1.807) is 13.3 Å². The number of halogens is 1. The molecule has 0 aliphatic rings. The van der Waals surface area contributed by atoms with Crippen molar-refractivity contribution in [3.8, 4) is 11.3 Å². The largest absolute Gasteiger partial charge is 0.466 e. The quantitative estimate of drug-likeness (QED) is 0.464. The summed E-state index contributed by atoms with van der Waals surface area (Å²) in [5.74, 6) is -0.232. The van der Waals surface area contributed by atoms with E-state index in [4.69, 9.17) is 9.47 Å². The first kappa shape index (κ1) is 20.6. The lowest BCUT2D eigenvalue weighted by atomic mass is 9.99. The Kier molecular flexibility index (Phi) is 6.52. The number of methoxy groups -OCH3 is 1. The summed E-state index contributed by atoms with van der Waals surface area (Å²) in [5, 5.41) is 1.04. The lowest BCUT2D eigenvalue weighted by Gasteiger charge is -2.17. The summed E-state index contributed by atoms with van der Waals surface area (Å²) in [4.78, 5) is 17.0. The number of aryl methyl sites for hydroxylation is 1. The molecule has 5 nitrogen and oxygen atoms in total. The van der Waals surface area contributed by atoms with Crippen LogP contribution in [0.15, 0.2) is 41.0 Å². The minimum absolute atomic E-state index is 0.165. The molecule has 0 spiro atoms. The van der Waals surface area contributed by atoms with E-state index < -0.39 is 0 Å². The third-order valence-corrected chi connectivity index (χ3v) is 5.40. The maximum Gasteiger partial charge on any atom is 0.310 e. The first-order valence-electron chi connectivity index (χ1n) is 9.46. The van der Waals surface area contributed by atoms with Crippen molar-refractivity contribution < 1.29 is 14.3 Å². The van der Waals surface area contributed by atoms with E-state index in [1.165, 1.54) is 0 Å². The van der Waals surface area contributed by atoms with E-state index in [0.717, 1.165) is 44.4 Å². The normalized spacial score (nSPS) is 12.3. The van der Waals surface area contributed by atoms with Crippen LogP contribution < -0.4 is 0 Å². The zero-order valence-corrected chi connectivity index (χ0v) is 18.2. The van der Waals surface area contributed by atoms with Crippen LogP contribution in [0.2, 0.25) is 0 Å². The Morgan fingerprint density at radius 2 is 2.07 bits per heavy atom. The van der Waals surface area contributed by atoms with Crippen molar-refractivity contribution in [2.45, 2.75) is 39.8 Å². The molecule has 3 rings (SSSR count). The van der Waals surface area contributed by atoms with Crippen LogP contribution in [0.4, 0.5) is 0 Å². The number of benzene rings is 1. The number of fused-ring (bicyclic) bond motifs is 1. The number of ether oxygens (including phenoxy) is 2. The lowest BCUT2D eigenvalue weighted by Crippen LogP contribution is -2.10. The van der Waals surface area contributed by atoms with E-state index >= 15 is 0 Å². The van der Waals surface area contributed by atoms with Gasteiger partial charge in [0, 0.05) is 40.8 Å². The fourth-order valence-electron chi connectivity index (χ4n) is 3.62. The van der Waals surface area contributed by atoms with Gasteiger partial charge in [-0.1, -0.05) is 15.9 Å². The molecule has 1 atom stereocenters. The molecule has 0 unspecified atom stereocenters. The summed E-state index contributed by atoms with van der Waals surface area (Å²) >= 11 is 3.57. The average Bonchev–Trinajstić information content (AvgIpc) is 2.99. The van der Waals surface area contributed by atoms with Crippen LogP contribution in [0.1, 0.15) is 38.1 Å². The molecule has 0 fully saturated rings. The Morgan fingerprint density at radius 1 is 1.29 bits per heavy atom. The molecule has 0 bridgehead atoms. The molecule has 0 radical (unpaired) electrons. The number of esters is 1. The summed E-state index contributed by atoms with van der Waals surface area (Å²) in [7, 11) is 1.68. The number of aromatic nitrogens is 2. The van der Waals surface area contributed by atoms with E-state index in [2.05, 4.69) is 44.5 Å². The highest BCUT2D eigenvalue weighted by Crippen LogP contribution is 2.38. The molecule has 0 saturated heterocycles. The van der Waals surface area contributed by atoms with Crippen molar-refractivity contribution in [2.75, 3.05) is 13.7 Å². The number of nitrogens with zero attached hydrogens (tertiary/aromatic N) is 2. The van der Waals surface area contributed by atoms with Crippen LogP contribution in [0.3, 0.4) is 0 Å². The highest BCUT2D eigenvalue weighted by molar-refractivity contribution is 9.10. The van der Waals surface area contributed by atoms with Gasteiger partial charge in [0.1, 0.15) is 0 Å². The van der Waals surface area contributed by atoms with E-state index in [9.17, 15) is 4.79 Å². The van der Waals surface area contributed by atoms with Crippen LogP contribution >= 0.6 is 15.9 Å². The highest BCUT2D eigenvalue weighted by atomic mass is 79.9. The fourth-order valence-corrected chi connectivity index (χ4v) is 3.98.